The number of hydrogen-bond donors (Lipinski definition) is 0. The molecule has 0 saturated carbocycles. The normalized spacial score (nSPS) is 17.9. The highest BCUT2D eigenvalue weighted by molar-refractivity contribution is 5.61. The lowest BCUT2D eigenvalue weighted by molar-refractivity contribution is -0.137. The quantitative estimate of drug-likeness (QED) is 0.683. The molecule has 2 aromatic heterocycles. The van der Waals surface area contributed by atoms with E-state index in [0.717, 1.165) is 36.4 Å². The lowest BCUT2D eigenvalue weighted by Crippen LogP contribution is -2.35. The molecule has 1 aliphatic heterocycles. The maximum Gasteiger partial charge on any atom is 0.416 e. The van der Waals surface area contributed by atoms with Crippen LogP contribution in [0.2, 0.25) is 0 Å². The lowest BCUT2D eigenvalue weighted by Gasteiger charge is -2.34. The molecule has 1 fully saturated rings. The zero-order valence-electron chi connectivity index (χ0n) is 14.3. The Balaban J connectivity index is 1.65. The molecular weight excluding hydrogens is 355 g/mol. The molecule has 3 aromatic rings. The second-order valence-corrected chi connectivity index (χ2v) is 6.61. The van der Waals surface area contributed by atoms with E-state index in [-0.39, 0.29) is 11.5 Å². The summed E-state index contributed by atoms with van der Waals surface area (Å²) in [6, 6.07) is 10.9. The summed E-state index contributed by atoms with van der Waals surface area (Å²) in [5.41, 5.74) is 0.525. The van der Waals surface area contributed by atoms with Crippen molar-refractivity contribution in [3.05, 3.63) is 59.5 Å². The van der Waals surface area contributed by atoms with Gasteiger partial charge in [-0.15, -0.1) is 10.2 Å². The number of nitrogens with zero attached hydrogens (tertiary/aromatic N) is 5. The molecule has 0 amide bonds. The summed E-state index contributed by atoms with van der Waals surface area (Å²) in [7, 11) is 0. The van der Waals surface area contributed by atoms with E-state index >= 15 is 0 Å². The Labute approximate surface area is 153 Å². The molecule has 0 aliphatic carbocycles. The van der Waals surface area contributed by atoms with Crippen LogP contribution in [0.1, 0.15) is 35.7 Å². The van der Waals surface area contributed by atoms with Crippen molar-refractivity contribution in [3.63, 3.8) is 0 Å². The van der Waals surface area contributed by atoms with Crippen LogP contribution in [0.15, 0.2) is 42.6 Å². The first-order valence-electron chi connectivity index (χ1n) is 8.63. The monoisotopic (exact) mass is 371 g/mol. The van der Waals surface area contributed by atoms with Crippen LogP contribution in [0, 0.1) is 11.3 Å². The minimum Gasteiger partial charge on any atom is -0.370 e. The maximum absolute atomic E-state index is 12.9. The van der Waals surface area contributed by atoms with Gasteiger partial charge in [-0.05, 0) is 43.2 Å². The third-order valence-electron chi connectivity index (χ3n) is 4.91. The van der Waals surface area contributed by atoms with E-state index in [1.54, 1.807) is 0 Å². The van der Waals surface area contributed by atoms with Crippen molar-refractivity contribution in [1.29, 1.82) is 5.26 Å². The average molecular weight is 371 g/mol. The van der Waals surface area contributed by atoms with Crippen LogP contribution in [-0.4, -0.2) is 27.7 Å². The van der Waals surface area contributed by atoms with Crippen molar-refractivity contribution in [1.82, 2.24) is 14.6 Å². The highest BCUT2D eigenvalue weighted by atomic mass is 19.4. The number of fused-ring (bicyclic) bond motifs is 1. The number of alkyl halides is 3. The summed E-state index contributed by atoms with van der Waals surface area (Å²) >= 11 is 0. The van der Waals surface area contributed by atoms with Crippen LogP contribution < -0.4 is 4.90 Å². The van der Waals surface area contributed by atoms with E-state index in [1.807, 2.05) is 39.8 Å². The van der Waals surface area contributed by atoms with E-state index < -0.39 is 11.7 Å². The fourth-order valence-corrected chi connectivity index (χ4v) is 3.62. The molecule has 0 N–H and O–H groups in total. The number of benzene rings is 1. The highest BCUT2D eigenvalue weighted by Gasteiger charge is 2.32. The molecule has 0 radical (unpaired) electrons. The molecule has 4 rings (SSSR count). The highest BCUT2D eigenvalue weighted by Crippen LogP contribution is 2.35. The van der Waals surface area contributed by atoms with E-state index in [0.29, 0.717) is 18.8 Å². The van der Waals surface area contributed by atoms with Gasteiger partial charge in [-0.3, -0.25) is 4.40 Å². The molecule has 3 heterocycles. The SMILES string of the molecule is N#Cc1cc(C(F)(F)F)ccc1N1CCCC(c2nnc3ccccn23)C1. The van der Waals surface area contributed by atoms with Crippen molar-refractivity contribution in [2.24, 2.45) is 0 Å². The van der Waals surface area contributed by atoms with E-state index in [9.17, 15) is 18.4 Å². The zero-order valence-corrected chi connectivity index (χ0v) is 14.3. The van der Waals surface area contributed by atoms with Gasteiger partial charge in [0.15, 0.2) is 5.65 Å². The minimum absolute atomic E-state index is 0.0385. The number of halogens is 3. The van der Waals surface area contributed by atoms with Crippen molar-refractivity contribution >= 4 is 11.3 Å². The standard InChI is InChI=1S/C19H16F3N5/c20-19(21,22)15-6-7-16(14(10-15)11-23)26-8-3-4-13(12-26)18-25-24-17-5-1-2-9-27(17)18/h1-2,5-7,9-10,13H,3-4,8,12H2. The number of aromatic nitrogens is 3. The predicted molar refractivity (Wildman–Crippen MR) is 93.3 cm³/mol. The summed E-state index contributed by atoms with van der Waals surface area (Å²) in [6.45, 7) is 1.27. The van der Waals surface area contributed by atoms with Gasteiger partial charge >= 0.3 is 6.18 Å². The average Bonchev–Trinajstić information content (AvgIpc) is 3.11. The Kier molecular flexibility index (Phi) is 4.22. The van der Waals surface area contributed by atoms with E-state index in [1.165, 1.54) is 6.07 Å². The first kappa shape index (κ1) is 17.3. The molecule has 1 aromatic carbocycles. The van der Waals surface area contributed by atoms with Gasteiger partial charge in [-0.1, -0.05) is 6.07 Å². The summed E-state index contributed by atoms with van der Waals surface area (Å²) in [5.74, 6) is 0.922. The number of rotatable bonds is 2. The molecule has 1 unspecified atom stereocenters. The van der Waals surface area contributed by atoms with Gasteiger partial charge in [0.25, 0.3) is 0 Å². The molecular formula is C19H16F3N5. The Morgan fingerprint density at radius 1 is 1.15 bits per heavy atom. The molecule has 5 nitrogen and oxygen atoms in total. The van der Waals surface area contributed by atoms with Crippen LogP contribution in [0.25, 0.3) is 5.65 Å². The lowest BCUT2D eigenvalue weighted by atomic mass is 9.95. The number of anilines is 1. The first-order valence-corrected chi connectivity index (χ1v) is 8.63. The number of pyridine rings is 1. The summed E-state index contributed by atoms with van der Waals surface area (Å²) in [5, 5.41) is 17.8. The molecule has 0 spiro atoms. The van der Waals surface area contributed by atoms with E-state index in [4.69, 9.17) is 0 Å². The Morgan fingerprint density at radius 2 is 2.00 bits per heavy atom. The number of piperidine rings is 1. The smallest absolute Gasteiger partial charge is 0.370 e. The Bertz CT molecular complexity index is 1020. The van der Waals surface area contributed by atoms with Crippen LogP contribution >= 0.6 is 0 Å². The molecule has 1 atom stereocenters. The van der Waals surface area contributed by atoms with Crippen molar-refractivity contribution in [2.75, 3.05) is 18.0 Å². The van der Waals surface area contributed by atoms with Crippen LogP contribution in [0.3, 0.4) is 0 Å². The third kappa shape index (κ3) is 3.21. The van der Waals surface area contributed by atoms with Crippen molar-refractivity contribution in [2.45, 2.75) is 24.9 Å². The van der Waals surface area contributed by atoms with Gasteiger partial charge < -0.3 is 4.90 Å². The van der Waals surface area contributed by atoms with Gasteiger partial charge in [0.1, 0.15) is 11.9 Å². The Morgan fingerprint density at radius 3 is 2.78 bits per heavy atom. The molecule has 0 bridgehead atoms. The van der Waals surface area contributed by atoms with Gasteiger partial charge in [0, 0.05) is 25.2 Å². The van der Waals surface area contributed by atoms with E-state index in [2.05, 4.69) is 10.2 Å². The molecule has 27 heavy (non-hydrogen) atoms. The van der Waals surface area contributed by atoms with Gasteiger partial charge in [0.05, 0.1) is 16.8 Å². The number of hydrogen-bond acceptors (Lipinski definition) is 4. The maximum atomic E-state index is 12.9. The van der Waals surface area contributed by atoms with Gasteiger partial charge in [0.2, 0.25) is 0 Å². The molecule has 8 heteroatoms. The fourth-order valence-electron chi connectivity index (χ4n) is 3.62. The topological polar surface area (TPSA) is 57.2 Å². The van der Waals surface area contributed by atoms with Gasteiger partial charge in [-0.2, -0.15) is 18.4 Å². The summed E-state index contributed by atoms with van der Waals surface area (Å²) in [6.07, 6.45) is -0.787. The molecule has 1 aliphatic rings. The zero-order chi connectivity index (χ0) is 19.0. The van der Waals surface area contributed by atoms with Gasteiger partial charge in [-0.25, -0.2) is 0 Å². The second-order valence-electron chi connectivity index (χ2n) is 6.61. The summed E-state index contributed by atoms with van der Waals surface area (Å²) < 4.78 is 40.7. The Hall–Kier alpha value is -3.08. The largest absolute Gasteiger partial charge is 0.416 e. The number of nitriles is 1. The minimum atomic E-state index is -4.46. The van der Waals surface area contributed by atoms with Crippen LogP contribution in [0.5, 0.6) is 0 Å². The summed E-state index contributed by atoms with van der Waals surface area (Å²) in [4.78, 5) is 1.97. The van der Waals surface area contributed by atoms with Crippen molar-refractivity contribution in [3.8, 4) is 6.07 Å². The van der Waals surface area contributed by atoms with Crippen LogP contribution in [0.4, 0.5) is 18.9 Å². The molecule has 138 valence electrons. The van der Waals surface area contributed by atoms with Crippen molar-refractivity contribution < 1.29 is 13.2 Å². The second kappa shape index (κ2) is 6.58. The predicted octanol–water partition coefficient (Wildman–Crippen LogP) is 4.00. The fraction of sp³-hybridized carbons (Fsp3) is 0.316. The van der Waals surface area contributed by atoms with Crippen LogP contribution in [-0.2, 0) is 6.18 Å². The molecule has 1 saturated heterocycles. The first-order chi connectivity index (χ1) is 13.0. The third-order valence-corrected chi connectivity index (χ3v) is 4.91.